The topological polar surface area (TPSA) is 69.7 Å². The Hall–Kier alpha value is -1.63. The minimum atomic E-state index is -0.735. The average molecular weight is 385 g/mol. The van der Waals surface area contributed by atoms with Crippen molar-refractivity contribution in [3.8, 4) is 12.1 Å². The van der Waals surface area contributed by atoms with E-state index >= 15 is 0 Å². The van der Waals surface area contributed by atoms with Crippen LogP contribution in [0.2, 0.25) is 0 Å². The highest BCUT2D eigenvalue weighted by atomic mass is 15.2. The average Bonchev–Trinajstić information content (AvgIpc) is 2.77. The summed E-state index contributed by atoms with van der Waals surface area (Å²) in [6, 6.07) is 4.99. The van der Waals surface area contributed by atoms with Crippen LogP contribution >= 0.6 is 0 Å². The summed E-state index contributed by atoms with van der Waals surface area (Å²) in [5, 5.41) is 18.9. The van der Waals surface area contributed by atoms with E-state index in [2.05, 4.69) is 26.8 Å². The number of rotatable bonds is 6. The van der Waals surface area contributed by atoms with E-state index in [-0.39, 0.29) is 0 Å². The van der Waals surface area contributed by atoms with Crippen LogP contribution in [-0.4, -0.2) is 78.9 Å². The molecule has 3 rings (SSSR count). The number of nitriles is 2. The zero-order chi connectivity index (χ0) is 19.6. The van der Waals surface area contributed by atoms with Crippen molar-refractivity contribution >= 4 is 5.84 Å². The molecule has 6 nitrogen and oxygen atoms in total. The van der Waals surface area contributed by atoms with Gasteiger partial charge in [0.15, 0.2) is 5.92 Å². The van der Waals surface area contributed by atoms with Crippen LogP contribution in [0.25, 0.3) is 0 Å². The fourth-order valence-electron chi connectivity index (χ4n) is 4.93. The maximum absolute atomic E-state index is 9.45. The highest BCUT2D eigenvalue weighted by molar-refractivity contribution is 5.89. The van der Waals surface area contributed by atoms with Crippen LogP contribution in [0.5, 0.6) is 0 Å². The fourth-order valence-corrected chi connectivity index (χ4v) is 4.93. The van der Waals surface area contributed by atoms with E-state index < -0.39 is 5.92 Å². The molecule has 0 saturated carbocycles. The summed E-state index contributed by atoms with van der Waals surface area (Å²) in [6.45, 7) is 8.54. The van der Waals surface area contributed by atoms with E-state index in [1.807, 2.05) is 0 Å². The van der Waals surface area contributed by atoms with Gasteiger partial charge in [-0.25, -0.2) is 0 Å². The van der Waals surface area contributed by atoms with Gasteiger partial charge in [-0.3, -0.25) is 4.99 Å². The fraction of sp³-hybridized carbons (Fsp3) is 0.864. The van der Waals surface area contributed by atoms with Crippen molar-refractivity contribution in [2.24, 2.45) is 10.9 Å². The van der Waals surface area contributed by atoms with Crippen LogP contribution in [-0.2, 0) is 0 Å². The molecular weight excluding hydrogens is 348 g/mol. The molecule has 0 aromatic heterocycles. The van der Waals surface area contributed by atoms with E-state index in [4.69, 9.17) is 4.99 Å². The van der Waals surface area contributed by atoms with Gasteiger partial charge in [-0.2, -0.15) is 10.5 Å². The Kier molecular flexibility index (Phi) is 8.58. The second-order valence-corrected chi connectivity index (χ2v) is 8.50. The number of hydrogen-bond donors (Lipinski definition) is 0. The summed E-state index contributed by atoms with van der Waals surface area (Å²) in [7, 11) is 0. The number of amidine groups is 1. The number of piperidine rings is 3. The van der Waals surface area contributed by atoms with Gasteiger partial charge in [0.1, 0.15) is 5.84 Å². The molecule has 0 radical (unpaired) electrons. The molecule has 0 aromatic rings. The van der Waals surface area contributed by atoms with Crippen LogP contribution in [0.1, 0.15) is 57.8 Å². The van der Waals surface area contributed by atoms with Gasteiger partial charge >= 0.3 is 0 Å². The van der Waals surface area contributed by atoms with Crippen LogP contribution in [0.4, 0.5) is 0 Å². The van der Waals surface area contributed by atoms with Crippen molar-refractivity contribution in [3.05, 3.63) is 0 Å². The van der Waals surface area contributed by atoms with Gasteiger partial charge in [0.05, 0.1) is 12.1 Å². The Morgan fingerprint density at radius 3 is 2.07 bits per heavy atom. The Balaban J connectivity index is 1.51. The third-order valence-electron chi connectivity index (χ3n) is 6.57. The maximum Gasteiger partial charge on any atom is 0.189 e. The molecule has 28 heavy (non-hydrogen) atoms. The monoisotopic (exact) mass is 384 g/mol. The van der Waals surface area contributed by atoms with Gasteiger partial charge in [-0.1, -0.05) is 12.8 Å². The molecule has 6 heteroatoms. The van der Waals surface area contributed by atoms with Gasteiger partial charge < -0.3 is 14.7 Å². The second-order valence-electron chi connectivity index (χ2n) is 8.50. The Morgan fingerprint density at radius 2 is 1.46 bits per heavy atom. The van der Waals surface area contributed by atoms with Crippen LogP contribution in [0, 0.1) is 28.6 Å². The molecule has 0 spiro atoms. The van der Waals surface area contributed by atoms with E-state index in [9.17, 15) is 10.5 Å². The Labute approximate surface area is 170 Å². The SMILES string of the molecule is N#CC(C#N)C(=NCCCN1CCCCC1)N1CCC(N2CCCCC2)CC1. The summed E-state index contributed by atoms with van der Waals surface area (Å²) in [5.74, 6) is -0.0118. The van der Waals surface area contributed by atoms with Crippen molar-refractivity contribution in [3.63, 3.8) is 0 Å². The van der Waals surface area contributed by atoms with Gasteiger partial charge in [0, 0.05) is 25.7 Å². The second kappa shape index (κ2) is 11.4. The van der Waals surface area contributed by atoms with Gasteiger partial charge in [-0.05, 0) is 77.7 Å². The number of hydrogen-bond acceptors (Lipinski definition) is 5. The molecule has 154 valence electrons. The summed E-state index contributed by atoms with van der Waals surface area (Å²) in [4.78, 5) is 12.2. The molecule has 3 saturated heterocycles. The standard InChI is InChI=1S/C22H36N6/c23-18-20(19-24)22(25-10-7-13-26-11-3-1-4-12-26)28-16-8-21(9-17-28)27-14-5-2-6-15-27/h20-21H,1-17H2. The number of aliphatic imine (C=N–C) groups is 1. The Bertz CT molecular complexity index is 555. The first kappa shape index (κ1) is 21.1. The normalized spacial score (nSPS) is 23.5. The first-order chi connectivity index (χ1) is 13.8. The highest BCUT2D eigenvalue weighted by Gasteiger charge is 2.29. The van der Waals surface area contributed by atoms with E-state index in [1.165, 1.54) is 64.7 Å². The summed E-state index contributed by atoms with van der Waals surface area (Å²) >= 11 is 0. The molecule has 3 heterocycles. The van der Waals surface area contributed by atoms with Crippen molar-refractivity contribution in [2.75, 3.05) is 52.4 Å². The van der Waals surface area contributed by atoms with Gasteiger partial charge in [-0.15, -0.1) is 0 Å². The van der Waals surface area contributed by atoms with E-state index in [0.717, 1.165) is 51.3 Å². The molecule has 0 unspecified atom stereocenters. The largest absolute Gasteiger partial charge is 0.358 e. The summed E-state index contributed by atoms with van der Waals surface area (Å²) in [6.07, 6.45) is 11.3. The van der Waals surface area contributed by atoms with Crippen molar-refractivity contribution in [1.29, 1.82) is 10.5 Å². The lowest BCUT2D eigenvalue weighted by atomic mass is 9.98. The van der Waals surface area contributed by atoms with Crippen molar-refractivity contribution < 1.29 is 0 Å². The van der Waals surface area contributed by atoms with Crippen LogP contribution < -0.4 is 0 Å². The molecule has 0 aliphatic carbocycles. The predicted octanol–water partition coefficient (Wildman–Crippen LogP) is 2.87. The molecule has 0 amide bonds. The van der Waals surface area contributed by atoms with Gasteiger partial charge in [0.2, 0.25) is 0 Å². The van der Waals surface area contributed by atoms with E-state index in [0.29, 0.717) is 6.04 Å². The molecular formula is C22H36N6. The highest BCUT2D eigenvalue weighted by Crippen LogP contribution is 2.22. The molecule has 0 atom stereocenters. The summed E-state index contributed by atoms with van der Waals surface area (Å²) < 4.78 is 0. The molecule has 3 fully saturated rings. The first-order valence-electron chi connectivity index (χ1n) is 11.4. The van der Waals surface area contributed by atoms with Gasteiger partial charge in [0.25, 0.3) is 0 Å². The number of likely N-dealkylation sites (tertiary alicyclic amines) is 3. The zero-order valence-corrected chi connectivity index (χ0v) is 17.4. The first-order valence-corrected chi connectivity index (χ1v) is 11.4. The van der Waals surface area contributed by atoms with Crippen molar-refractivity contribution in [1.82, 2.24) is 14.7 Å². The zero-order valence-electron chi connectivity index (χ0n) is 17.4. The lowest BCUT2D eigenvalue weighted by Crippen LogP contribution is -2.49. The van der Waals surface area contributed by atoms with Crippen molar-refractivity contribution in [2.45, 2.75) is 63.8 Å². The quantitative estimate of drug-likeness (QED) is 0.400. The molecule has 0 N–H and O–H groups in total. The summed E-state index contributed by atoms with van der Waals surface area (Å²) in [5.41, 5.74) is 0. The lowest BCUT2D eigenvalue weighted by Gasteiger charge is -2.41. The third-order valence-corrected chi connectivity index (χ3v) is 6.57. The third kappa shape index (κ3) is 5.93. The predicted molar refractivity (Wildman–Crippen MR) is 112 cm³/mol. The number of nitrogens with zero attached hydrogens (tertiary/aromatic N) is 6. The van der Waals surface area contributed by atoms with Crippen LogP contribution in [0.15, 0.2) is 4.99 Å². The molecule has 3 aliphatic rings. The molecule has 0 bridgehead atoms. The maximum atomic E-state index is 9.45. The minimum absolute atomic E-state index is 0.666. The molecule has 0 aromatic carbocycles. The van der Waals surface area contributed by atoms with E-state index in [1.54, 1.807) is 0 Å². The minimum Gasteiger partial charge on any atom is -0.358 e. The lowest BCUT2D eigenvalue weighted by molar-refractivity contribution is 0.114. The Morgan fingerprint density at radius 1 is 0.857 bits per heavy atom. The van der Waals surface area contributed by atoms with Crippen LogP contribution in [0.3, 0.4) is 0 Å². The molecule has 3 aliphatic heterocycles. The smallest absolute Gasteiger partial charge is 0.189 e.